The van der Waals surface area contributed by atoms with Crippen LogP contribution < -0.4 is 0 Å². The Morgan fingerprint density at radius 3 is 2.53 bits per heavy atom. The summed E-state index contributed by atoms with van der Waals surface area (Å²) in [6.07, 6.45) is 0.807. The van der Waals surface area contributed by atoms with Gasteiger partial charge in [0.05, 0.1) is 13.2 Å². The lowest BCUT2D eigenvalue weighted by Gasteiger charge is -2.02. The molecule has 0 aliphatic carbocycles. The smallest absolute Gasteiger partial charge is 0.134 e. The highest BCUT2D eigenvalue weighted by Crippen LogP contribution is 2.19. The Labute approximate surface area is 112 Å². The van der Waals surface area contributed by atoms with Crippen molar-refractivity contribution < 1.29 is 9.15 Å². The topological polar surface area (TPSA) is 22.4 Å². The Hall–Kier alpha value is -2.06. The molecule has 0 bridgehead atoms. The van der Waals surface area contributed by atoms with Crippen LogP contribution in [0.15, 0.2) is 65.1 Å². The van der Waals surface area contributed by atoms with E-state index in [-0.39, 0.29) is 0 Å². The maximum absolute atomic E-state index is 5.74. The molecule has 19 heavy (non-hydrogen) atoms. The van der Waals surface area contributed by atoms with Crippen LogP contribution in [0.1, 0.15) is 11.3 Å². The molecule has 0 amide bonds. The molecule has 1 heterocycles. The molecule has 0 aliphatic heterocycles. The number of rotatable bonds is 5. The van der Waals surface area contributed by atoms with Gasteiger partial charge in [-0.05, 0) is 17.7 Å². The van der Waals surface area contributed by atoms with Crippen molar-refractivity contribution in [1.82, 2.24) is 0 Å². The Morgan fingerprint density at radius 2 is 1.68 bits per heavy atom. The molecule has 2 aromatic carbocycles. The number of ether oxygens (including phenoxy) is 1. The summed E-state index contributed by atoms with van der Waals surface area (Å²) in [5.41, 5.74) is 2.15. The molecule has 0 aliphatic rings. The third-order valence-electron chi connectivity index (χ3n) is 3.08. The van der Waals surface area contributed by atoms with E-state index in [4.69, 9.17) is 9.15 Å². The summed E-state index contributed by atoms with van der Waals surface area (Å²) < 4.78 is 11.4. The van der Waals surface area contributed by atoms with Crippen LogP contribution in [-0.2, 0) is 17.8 Å². The van der Waals surface area contributed by atoms with E-state index in [0.29, 0.717) is 13.2 Å². The fourth-order valence-electron chi connectivity index (χ4n) is 2.10. The molecule has 0 unspecified atom stereocenters. The number of para-hydroxylation sites is 1. The van der Waals surface area contributed by atoms with Gasteiger partial charge in [0.1, 0.15) is 11.3 Å². The standard InChI is InChI=1S/C17H16O2/c1-2-6-14(7-3-1)13-18-11-10-16-12-15-8-4-5-9-17(15)19-16/h1-9,12H,10-11,13H2. The largest absolute Gasteiger partial charge is 0.461 e. The second-order valence-electron chi connectivity index (χ2n) is 4.54. The van der Waals surface area contributed by atoms with Gasteiger partial charge in [0.25, 0.3) is 0 Å². The van der Waals surface area contributed by atoms with Gasteiger partial charge in [0.2, 0.25) is 0 Å². The van der Waals surface area contributed by atoms with Gasteiger partial charge in [0.15, 0.2) is 0 Å². The van der Waals surface area contributed by atoms with Crippen molar-refractivity contribution in [3.8, 4) is 0 Å². The van der Waals surface area contributed by atoms with Crippen molar-refractivity contribution in [1.29, 1.82) is 0 Å². The van der Waals surface area contributed by atoms with E-state index in [0.717, 1.165) is 23.2 Å². The van der Waals surface area contributed by atoms with Crippen LogP contribution in [0, 0.1) is 0 Å². The SMILES string of the molecule is c1ccc(COCCc2cc3ccccc3o2)cc1. The van der Waals surface area contributed by atoms with Crippen molar-refractivity contribution in [3.63, 3.8) is 0 Å². The molecule has 96 valence electrons. The lowest BCUT2D eigenvalue weighted by atomic mass is 10.2. The molecular formula is C17H16O2. The molecule has 3 rings (SSSR count). The highest BCUT2D eigenvalue weighted by Gasteiger charge is 2.02. The summed E-state index contributed by atoms with van der Waals surface area (Å²) in [6, 6.07) is 20.4. The van der Waals surface area contributed by atoms with E-state index < -0.39 is 0 Å². The van der Waals surface area contributed by atoms with Crippen molar-refractivity contribution in [2.24, 2.45) is 0 Å². The van der Waals surface area contributed by atoms with Gasteiger partial charge in [-0.1, -0.05) is 48.5 Å². The van der Waals surface area contributed by atoms with Crippen LogP contribution >= 0.6 is 0 Å². The minimum absolute atomic E-state index is 0.654. The van der Waals surface area contributed by atoms with Crippen LogP contribution in [-0.4, -0.2) is 6.61 Å². The van der Waals surface area contributed by atoms with Gasteiger partial charge in [-0.15, -0.1) is 0 Å². The van der Waals surface area contributed by atoms with Crippen LogP contribution in [0.25, 0.3) is 11.0 Å². The van der Waals surface area contributed by atoms with E-state index >= 15 is 0 Å². The lowest BCUT2D eigenvalue weighted by molar-refractivity contribution is 0.121. The number of benzene rings is 2. The zero-order valence-corrected chi connectivity index (χ0v) is 10.7. The third-order valence-corrected chi connectivity index (χ3v) is 3.08. The summed E-state index contributed by atoms with van der Waals surface area (Å²) >= 11 is 0. The first-order valence-corrected chi connectivity index (χ1v) is 6.51. The number of hydrogen-bond donors (Lipinski definition) is 0. The van der Waals surface area contributed by atoms with Crippen LogP contribution in [0.4, 0.5) is 0 Å². The number of furan rings is 1. The predicted octanol–water partition coefficient (Wildman–Crippen LogP) is 4.19. The molecule has 0 fully saturated rings. The Kier molecular flexibility index (Phi) is 3.61. The highest BCUT2D eigenvalue weighted by atomic mass is 16.5. The summed E-state index contributed by atoms with van der Waals surface area (Å²) in [5.74, 6) is 0.981. The third kappa shape index (κ3) is 3.04. The number of hydrogen-bond acceptors (Lipinski definition) is 2. The summed E-state index contributed by atoms with van der Waals surface area (Å²) in [6.45, 7) is 1.33. The summed E-state index contributed by atoms with van der Waals surface area (Å²) in [5, 5.41) is 1.15. The Morgan fingerprint density at radius 1 is 0.895 bits per heavy atom. The van der Waals surface area contributed by atoms with Crippen molar-refractivity contribution in [3.05, 3.63) is 72.0 Å². The molecule has 0 saturated carbocycles. The minimum Gasteiger partial charge on any atom is -0.461 e. The maximum Gasteiger partial charge on any atom is 0.134 e. The van der Waals surface area contributed by atoms with Crippen LogP contribution in [0.5, 0.6) is 0 Å². The normalized spacial score (nSPS) is 10.9. The average molecular weight is 252 g/mol. The quantitative estimate of drug-likeness (QED) is 0.635. The van der Waals surface area contributed by atoms with Gasteiger partial charge < -0.3 is 9.15 Å². The van der Waals surface area contributed by atoms with Gasteiger partial charge in [-0.3, -0.25) is 0 Å². The molecule has 0 atom stereocenters. The van der Waals surface area contributed by atoms with E-state index in [9.17, 15) is 0 Å². The van der Waals surface area contributed by atoms with Crippen molar-refractivity contribution in [2.75, 3.05) is 6.61 Å². The molecule has 1 aromatic heterocycles. The molecule has 0 radical (unpaired) electrons. The van der Waals surface area contributed by atoms with E-state index in [2.05, 4.69) is 24.3 Å². The minimum atomic E-state index is 0.654. The molecule has 2 nitrogen and oxygen atoms in total. The zero-order valence-electron chi connectivity index (χ0n) is 10.7. The number of fused-ring (bicyclic) bond motifs is 1. The molecular weight excluding hydrogens is 236 g/mol. The van der Waals surface area contributed by atoms with Gasteiger partial charge in [-0.25, -0.2) is 0 Å². The molecule has 0 saturated heterocycles. The predicted molar refractivity (Wildman–Crippen MR) is 76.0 cm³/mol. The first-order chi connectivity index (χ1) is 9.42. The summed E-state index contributed by atoms with van der Waals surface area (Å²) in [7, 11) is 0. The van der Waals surface area contributed by atoms with E-state index in [1.165, 1.54) is 5.56 Å². The van der Waals surface area contributed by atoms with Crippen molar-refractivity contribution >= 4 is 11.0 Å². The van der Waals surface area contributed by atoms with Crippen molar-refractivity contribution in [2.45, 2.75) is 13.0 Å². The Balaban J connectivity index is 1.52. The first kappa shape index (κ1) is 12.0. The fourth-order valence-corrected chi connectivity index (χ4v) is 2.10. The monoisotopic (exact) mass is 252 g/mol. The van der Waals surface area contributed by atoms with Gasteiger partial charge in [0, 0.05) is 11.8 Å². The van der Waals surface area contributed by atoms with Crippen LogP contribution in [0.3, 0.4) is 0 Å². The zero-order chi connectivity index (χ0) is 12.9. The van der Waals surface area contributed by atoms with E-state index in [1.54, 1.807) is 0 Å². The van der Waals surface area contributed by atoms with Crippen LogP contribution in [0.2, 0.25) is 0 Å². The Bertz CT molecular complexity index is 607. The second kappa shape index (κ2) is 5.72. The lowest BCUT2D eigenvalue weighted by Crippen LogP contribution is -1.98. The highest BCUT2D eigenvalue weighted by molar-refractivity contribution is 5.77. The van der Waals surface area contributed by atoms with Gasteiger partial charge >= 0.3 is 0 Å². The molecule has 0 N–H and O–H groups in total. The molecule has 0 spiro atoms. The summed E-state index contributed by atoms with van der Waals surface area (Å²) in [4.78, 5) is 0. The fraction of sp³-hybridized carbons (Fsp3) is 0.176. The van der Waals surface area contributed by atoms with Gasteiger partial charge in [-0.2, -0.15) is 0 Å². The molecule has 3 aromatic rings. The second-order valence-corrected chi connectivity index (χ2v) is 4.54. The average Bonchev–Trinajstić information content (AvgIpc) is 2.87. The molecule has 2 heteroatoms. The van der Waals surface area contributed by atoms with E-state index in [1.807, 2.05) is 36.4 Å². The first-order valence-electron chi connectivity index (χ1n) is 6.51. The maximum atomic E-state index is 5.74.